The second-order valence-corrected chi connectivity index (χ2v) is 6.04. The molecule has 0 aromatic rings. The summed E-state index contributed by atoms with van der Waals surface area (Å²) in [7, 11) is 0. The first-order chi connectivity index (χ1) is 10.9. The molecule has 0 rings (SSSR count). The number of hydrogen-bond acceptors (Lipinski definition) is 0. The first-order valence-corrected chi connectivity index (χ1v) is 9.46. The normalized spacial score (nSPS) is 10.4. The lowest BCUT2D eigenvalue weighted by atomic mass is 10.1. The molecule has 22 heavy (non-hydrogen) atoms. The van der Waals surface area contributed by atoms with E-state index in [2.05, 4.69) is 36.8 Å². The van der Waals surface area contributed by atoms with Crippen LogP contribution in [-0.4, -0.2) is 0 Å². The lowest BCUT2D eigenvalue weighted by Crippen LogP contribution is -1.81. The van der Waals surface area contributed by atoms with Gasteiger partial charge in [0.2, 0.25) is 0 Å². The summed E-state index contributed by atoms with van der Waals surface area (Å²) in [5.74, 6) is 9.21. The van der Waals surface area contributed by atoms with Gasteiger partial charge in [0.05, 0.1) is 0 Å². The minimum atomic E-state index is 0.848. The quantitative estimate of drug-likeness (QED) is 0.183. The minimum Gasteiger partial charge on any atom is -0.120 e. The van der Waals surface area contributed by atoms with Crippen LogP contribution in [-0.2, 0) is 0 Å². The zero-order valence-electron chi connectivity index (χ0n) is 14.8. The molecule has 0 amide bonds. The molecular weight excluding hydrogens is 264 g/mol. The first kappa shape index (κ1) is 20.9. The van der Waals surface area contributed by atoms with Crippen LogP contribution >= 0.6 is 0 Å². The largest absolute Gasteiger partial charge is 0.120 e. The van der Waals surface area contributed by atoms with Gasteiger partial charge in [0.1, 0.15) is 0 Å². The standard InChI is InChI=1S/C22H36/c1-3-5-7-9-11-13-15-17-19-21-22-20-18-16-14-12-10-8-6-4-2/h1,9,11H,4-8,10,12-16,18,20-22H2,2H3/b11-9-. The van der Waals surface area contributed by atoms with Gasteiger partial charge >= 0.3 is 0 Å². The molecule has 0 aliphatic heterocycles. The molecule has 0 N–H and O–H groups in total. The van der Waals surface area contributed by atoms with Crippen LogP contribution < -0.4 is 0 Å². The van der Waals surface area contributed by atoms with Gasteiger partial charge in [-0.05, 0) is 19.3 Å². The van der Waals surface area contributed by atoms with Crippen molar-refractivity contribution in [2.75, 3.05) is 0 Å². The molecule has 0 heterocycles. The van der Waals surface area contributed by atoms with Crippen LogP contribution in [0.2, 0.25) is 0 Å². The van der Waals surface area contributed by atoms with Crippen LogP contribution in [0.1, 0.15) is 103 Å². The predicted molar refractivity (Wildman–Crippen MR) is 101 cm³/mol. The molecule has 0 heteroatoms. The van der Waals surface area contributed by atoms with Gasteiger partial charge in [0.25, 0.3) is 0 Å². The second kappa shape index (κ2) is 19.9. The third-order valence-electron chi connectivity index (χ3n) is 3.84. The zero-order valence-corrected chi connectivity index (χ0v) is 14.8. The van der Waals surface area contributed by atoms with Crippen molar-refractivity contribution in [1.82, 2.24) is 0 Å². The molecule has 124 valence electrons. The highest BCUT2D eigenvalue weighted by molar-refractivity contribution is 5.00. The third-order valence-corrected chi connectivity index (χ3v) is 3.84. The fourth-order valence-electron chi connectivity index (χ4n) is 2.44. The van der Waals surface area contributed by atoms with E-state index >= 15 is 0 Å². The average molecular weight is 301 g/mol. The highest BCUT2D eigenvalue weighted by atomic mass is 14.0. The van der Waals surface area contributed by atoms with E-state index in [1.807, 2.05) is 0 Å². The Morgan fingerprint density at radius 1 is 0.636 bits per heavy atom. The topological polar surface area (TPSA) is 0 Å². The molecule has 0 aliphatic rings. The van der Waals surface area contributed by atoms with Crippen LogP contribution in [0.25, 0.3) is 0 Å². The van der Waals surface area contributed by atoms with E-state index in [1.165, 1.54) is 64.2 Å². The average Bonchev–Trinajstić information content (AvgIpc) is 2.54. The highest BCUT2D eigenvalue weighted by Gasteiger charge is 1.91. The lowest BCUT2D eigenvalue weighted by molar-refractivity contribution is 0.558. The summed E-state index contributed by atoms with van der Waals surface area (Å²) in [6.45, 7) is 2.28. The molecule has 0 aromatic heterocycles. The molecular formula is C22H36. The molecule has 0 aromatic carbocycles. The van der Waals surface area contributed by atoms with Crippen LogP contribution in [0, 0.1) is 24.2 Å². The number of hydrogen-bond donors (Lipinski definition) is 0. The van der Waals surface area contributed by atoms with Crippen molar-refractivity contribution in [1.29, 1.82) is 0 Å². The van der Waals surface area contributed by atoms with Gasteiger partial charge in [0.15, 0.2) is 0 Å². The van der Waals surface area contributed by atoms with E-state index in [0.29, 0.717) is 0 Å². The molecule has 0 bridgehead atoms. The Morgan fingerprint density at radius 2 is 1.14 bits per heavy atom. The van der Waals surface area contributed by atoms with Crippen molar-refractivity contribution in [2.45, 2.75) is 103 Å². The maximum absolute atomic E-state index is 5.19. The molecule has 0 aliphatic carbocycles. The van der Waals surface area contributed by atoms with Gasteiger partial charge in [-0.25, -0.2) is 0 Å². The van der Waals surface area contributed by atoms with Crippen LogP contribution in [0.15, 0.2) is 12.2 Å². The SMILES string of the molecule is C#CCC/C=C\CCC#CCCCCCCCCCCCC. The fourth-order valence-corrected chi connectivity index (χ4v) is 2.44. The van der Waals surface area contributed by atoms with Crippen molar-refractivity contribution < 1.29 is 0 Å². The van der Waals surface area contributed by atoms with Crippen molar-refractivity contribution >= 4 is 0 Å². The Balaban J connectivity index is 3.15. The predicted octanol–water partition coefficient (Wildman–Crippen LogP) is 7.05. The number of rotatable bonds is 14. The van der Waals surface area contributed by atoms with Gasteiger partial charge < -0.3 is 0 Å². The van der Waals surface area contributed by atoms with Crippen molar-refractivity contribution in [3.05, 3.63) is 12.2 Å². The number of unbranched alkanes of at least 4 members (excludes halogenated alkanes) is 12. The molecule has 0 nitrogen and oxygen atoms in total. The summed E-state index contributed by atoms with van der Waals surface area (Å²) < 4.78 is 0. The molecule has 0 unspecified atom stereocenters. The summed E-state index contributed by atoms with van der Waals surface area (Å²) >= 11 is 0. The van der Waals surface area contributed by atoms with Crippen LogP contribution in [0.4, 0.5) is 0 Å². The fraction of sp³-hybridized carbons (Fsp3) is 0.727. The zero-order chi connectivity index (χ0) is 16.1. The monoisotopic (exact) mass is 300 g/mol. The Morgan fingerprint density at radius 3 is 1.73 bits per heavy atom. The van der Waals surface area contributed by atoms with E-state index in [0.717, 1.165) is 32.1 Å². The van der Waals surface area contributed by atoms with Crippen LogP contribution in [0.5, 0.6) is 0 Å². The van der Waals surface area contributed by atoms with Gasteiger partial charge in [-0.1, -0.05) is 76.9 Å². The Labute approximate surface area is 140 Å². The summed E-state index contributed by atoms with van der Waals surface area (Å²) in [6.07, 6.45) is 28.5. The summed E-state index contributed by atoms with van der Waals surface area (Å²) in [6, 6.07) is 0. The van der Waals surface area contributed by atoms with E-state index in [4.69, 9.17) is 6.42 Å². The second-order valence-electron chi connectivity index (χ2n) is 6.04. The third kappa shape index (κ3) is 18.9. The van der Waals surface area contributed by atoms with E-state index in [9.17, 15) is 0 Å². The van der Waals surface area contributed by atoms with Crippen molar-refractivity contribution in [2.24, 2.45) is 0 Å². The van der Waals surface area contributed by atoms with E-state index < -0.39 is 0 Å². The van der Waals surface area contributed by atoms with E-state index in [1.54, 1.807) is 0 Å². The number of allylic oxidation sites excluding steroid dienone is 2. The van der Waals surface area contributed by atoms with Crippen molar-refractivity contribution in [3.63, 3.8) is 0 Å². The highest BCUT2D eigenvalue weighted by Crippen LogP contribution is 2.10. The summed E-state index contributed by atoms with van der Waals surface area (Å²) in [5.41, 5.74) is 0. The van der Waals surface area contributed by atoms with Gasteiger partial charge in [-0.15, -0.1) is 24.2 Å². The van der Waals surface area contributed by atoms with Gasteiger partial charge in [-0.2, -0.15) is 0 Å². The molecule has 0 fully saturated rings. The Kier molecular flexibility index (Phi) is 18.8. The summed E-state index contributed by atoms with van der Waals surface area (Å²) in [4.78, 5) is 0. The lowest BCUT2D eigenvalue weighted by Gasteiger charge is -2.00. The number of terminal acetylenes is 1. The Bertz CT molecular complexity index is 331. The maximum Gasteiger partial charge on any atom is 0.0123 e. The van der Waals surface area contributed by atoms with E-state index in [-0.39, 0.29) is 0 Å². The smallest absolute Gasteiger partial charge is 0.0123 e. The molecule has 0 atom stereocenters. The molecule has 0 saturated carbocycles. The molecule has 0 radical (unpaired) electrons. The molecule has 0 saturated heterocycles. The molecule has 0 spiro atoms. The van der Waals surface area contributed by atoms with Gasteiger partial charge in [0, 0.05) is 19.3 Å². The van der Waals surface area contributed by atoms with Crippen LogP contribution in [0.3, 0.4) is 0 Å². The van der Waals surface area contributed by atoms with Gasteiger partial charge in [-0.3, -0.25) is 0 Å². The summed E-state index contributed by atoms with van der Waals surface area (Å²) in [5, 5.41) is 0. The maximum atomic E-state index is 5.19. The van der Waals surface area contributed by atoms with Crippen molar-refractivity contribution in [3.8, 4) is 24.2 Å². The minimum absolute atomic E-state index is 0.848. The first-order valence-electron chi connectivity index (χ1n) is 9.46. The Hall–Kier alpha value is -1.14.